The molecule has 0 saturated heterocycles. The Morgan fingerprint density at radius 3 is 2.12 bits per heavy atom. The van der Waals surface area contributed by atoms with Crippen molar-refractivity contribution in [2.75, 3.05) is 6.61 Å². The molecule has 0 atom stereocenters. The van der Waals surface area contributed by atoms with Gasteiger partial charge in [-0.15, -0.1) is 5.10 Å². The van der Waals surface area contributed by atoms with Crippen LogP contribution in [0.4, 0.5) is 22.0 Å². The van der Waals surface area contributed by atoms with Gasteiger partial charge in [0.25, 0.3) is 0 Å². The Bertz CT molecular complexity index is 780. The maximum absolute atomic E-state index is 12.2. The normalized spacial score (nSPS) is 10.5. The predicted octanol–water partition coefficient (Wildman–Crippen LogP) is 3.36. The first-order valence-corrected chi connectivity index (χ1v) is 7.02. The van der Waals surface area contributed by atoms with Crippen molar-refractivity contribution in [2.45, 2.75) is 13.3 Å². The second kappa shape index (κ2) is 7.77. The zero-order valence-electron chi connectivity index (χ0n) is 12.8. The van der Waals surface area contributed by atoms with Crippen molar-refractivity contribution in [3.63, 3.8) is 0 Å². The SMILES string of the molecule is CCCOn1nnc2ccccc21.Oc1c(F)c(F)c(F)c(F)c1F. The van der Waals surface area contributed by atoms with Gasteiger partial charge in [0, 0.05) is 0 Å². The summed E-state index contributed by atoms with van der Waals surface area (Å²) in [5.41, 5.74) is 1.77. The van der Waals surface area contributed by atoms with Crippen molar-refractivity contribution < 1.29 is 31.9 Å². The molecule has 3 rings (SSSR count). The van der Waals surface area contributed by atoms with Gasteiger partial charge in [0.2, 0.25) is 29.1 Å². The Morgan fingerprint density at radius 1 is 0.960 bits per heavy atom. The van der Waals surface area contributed by atoms with Crippen molar-refractivity contribution in [2.24, 2.45) is 0 Å². The molecule has 134 valence electrons. The quantitative estimate of drug-likeness (QED) is 0.442. The van der Waals surface area contributed by atoms with Crippen molar-refractivity contribution in [1.82, 2.24) is 15.2 Å². The smallest absolute Gasteiger partial charge is 0.206 e. The van der Waals surface area contributed by atoms with Gasteiger partial charge in [-0.25, -0.2) is 13.2 Å². The number of halogens is 5. The molecule has 0 saturated carbocycles. The summed E-state index contributed by atoms with van der Waals surface area (Å²) in [4.78, 5) is 6.82. The number of hydrogen-bond acceptors (Lipinski definition) is 4. The van der Waals surface area contributed by atoms with Gasteiger partial charge in [-0.3, -0.25) is 0 Å². The molecule has 1 N–H and O–H groups in total. The molecule has 25 heavy (non-hydrogen) atoms. The minimum atomic E-state index is -2.29. The summed E-state index contributed by atoms with van der Waals surface area (Å²) in [5.74, 6) is -12.9. The number of nitrogens with zero attached hydrogens (tertiary/aromatic N) is 3. The van der Waals surface area contributed by atoms with E-state index in [1.165, 1.54) is 4.85 Å². The minimum absolute atomic E-state index is 0.660. The number of phenolic OH excluding ortho intramolecular Hbond substituents is 1. The van der Waals surface area contributed by atoms with Gasteiger partial charge in [-0.05, 0) is 23.8 Å². The number of fused-ring (bicyclic) bond motifs is 1. The number of aromatic nitrogens is 3. The molecule has 10 heteroatoms. The summed E-state index contributed by atoms with van der Waals surface area (Å²) in [7, 11) is 0. The lowest BCUT2D eigenvalue weighted by molar-refractivity contribution is 0.0879. The van der Waals surface area contributed by atoms with Gasteiger partial charge in [0.1, 0.15) is 17.6 Å². The fraction of sp³-hybridized carbons (Fsp3) is 0.200. The van der Waals surface area contributed by atoms with Crippen LogP contribution in [0.1, 0.15) is 13.3 Å². The number of hydrogen-bond donors (Lipinski definition) is 1. The van der Waals surface area contributed by atoms with E-state index in [-0.39, 0.29) is 0 Å². The number of phenols is 1. The molecule has 0 unspecified atom stereocenters. The molecule has 0 spiro atoms. The summed E-state index contributed by atoms with van der Waals surface area (Å²) in [6.07, 6.45) is 0.966. The molecule has 0 fully saturated rings. The summed E-state index contributed by atoms with van der Waals surface area (Å²) in [5, 5.41) is 16.1. The average Bonchev–Trinajstić information content (AvgIpc) is 3.05. The molecule has 2 aromatic carbocycles. The Balaban J connectivity index is 0.000000181. The zero-order chi connectivity index (χ0) is 18.6. The van der Waals surface area contributed by atoms with Gasteiger partial charge >= 0.3 is 0 Å². The first kappa shape index (κ1) is 18.4. The molecule has 0 aliphatic carbocycles. The van der Waals surface area contributed by atoms with E-state index in [0.717, 1.165) is 17.5 Å². The van der Waals surface area contributed by atoms with Crippen LogP contribution in [0, 0.1) is 29.1 Å². The van der Waals surface area contributed by atoms with E-state index in [0.29, 0.717) is 6.61 Å². The van der Waals surface area contributed by atoms with E-state index in [1.807, 2.05) is 24.3 Å². The molecular weight excluding hydrogens is 349 g/mol. The minimum Gasteiger partial charge on any atom is -0.503 e. The largest absolute Gasteiger partial charge is 0.503 e. The molecule has 0 radical (unpaired) electrons. The number of rotatable bonds is 3. The third kappa shape index (κ3) is 3.78. The zero-order valence-corrected chi connectivity index (χ0v) is 12.8. The molecule has 1 heterocycles. The standard InChI is InChI=1S/C9H11N3O.C6HF5O/c1-2-7-13-12-9-6-4-3-5-8(9)10-11-12;7-1-2(8)4(10)6(12)5(11)3(1)9/h3-6H,2,7H2,1H3;12H. The van der Waals surface area contributed by atoms with E-state index in [9.17, 15) is 22.0 Å². The van der Waals surface area contributed by atoms with E-state index in [1.54, 1.807) is 0 Å². The van der Waals surface area contributed by atoms with Crippen LogP contribution in [0.25, 0.3) is 11.0 Å². The number of benzene rings is 2. The monoisotopic (exact) mass is 361 g/mol. The van der Waals surface area contributed by atoms with Crippen LogP contribution >= 0.6 is 0 Å². The fourth-order valence-electron chi connectivity index (χ4n) is 1.71. The van der Waals surface area contributed by atoms with E-state index >= 15 is 0 Å². The van der Waals surface area contributed by atoms with Gasteiger partial charge in [-0.2, -0.15) is 8.78 Å². The van der Waals surface area contributed by atoms with Crippen molar-refractivity contribution >= 4 is 11.0 Å². The molecule has 0 aliphatic heterocycles. The molecular formula is C15H12F5N3O2. The van der Waals surface area contributed by atoms with Gasteiger partial charge in [0.05, 0.1) is 0 Å². The molecule has 3 aromatic rings. The summed E-state index contributed by atoms with van der Waals surface area (Å²) in [6.45, 7) is 2.71. The van der Waals surface area contributed by atoms with Crippen LogP contribution in [0.2, 0.25) is 0 Å². The topological polar surface area (TPSA) is 60.2 Å². The average molecular weight is 361 g/mol. The third-order valence-corrected chi connectivity index (χ3v) is 2.93. The van der Waals surface area contributed by atoms with Gasteiger partial charge in [-0.1, -0.05) is 23.9 Å². The first-order chi connectivity index (χ1) is 11.9. The Labute approximate surface area is 138 Å². The summed E-state index contributed by atoms with van der Waals surface area (Å²) in [6, 6.07) is 7.72. The third-order valence-electron chi connectivity index (χ3n) is 2.93. The summed E-state index contributed by atoms with van der Waals surface area (Å²) >= 11 is 0. The first-order valence-electron chi connectivity index (χ1n) is 7.02. The molecule has 0 aliphatic rings. The van der Waals surface area contributed by atoms with Crippen molar-refractivity contribution in [1.29, 1.82) is 0 Å². The Kier molecular flexibility index (Phi) is 5.73. The lowest BCUT2D eigenvalue weighted by atomic mass is 10.3. The van der Waals surface area contributed by atoms with E-state index < -0.39 is 34.8 Å². The van der Waals surface area contributed by atoms with E-state index in [4.69, 9.17) is 9.94 Å². The highest BCUT2D eigenvalue weighted by Crippen LogP contribution is 2.27. The second-order valence-corrected chi connectivity index (χ2v) is 4.70. The molecule has 0 amide bonds. The summed E-state index contributed by atoms with van der Waals surface area (Å²) < 4.78 is 60.6. The van der Waals surface area contributed by atoms with E-state index in [2.05, 4.69) is 17.2 Å². The highest BCUT2D eigenvalue weighted by molar-refractivity contribution is 5.73. The lowest BCUT2D eigenvalue weighted by Gasteiger charge is -2.01. The Hall–Kier alpha value is -2.91. The van der Waals surface area contributed by atoms with Crippen molar-refractivity contribution in [3.8, 4) is 5.75 Å². The Morgan fingerprint density at radius 2 is 1.52 bits per heavy atom. The maximum atomic E-state index is 12.2. The van der Waals surface area contributed by atoms with Crippen LogP contribution in [-0.4, -0.2) is 26.9 Å². The van der Waals surface area contributed by atoms with Crippen LogP contribution in [0.3, 0.4) is 0 Å². The van der Waals surface area contributed by atoms with Crippen LogP contribution in [0.15, 0.2) is 24.3 Å². The molecule has 0 bridgehead atoms. The fourth-order valence-corrected chi connectivity index (χ4v) is 1.71. The second-order valence-electron chi connectivity index (χ2n) is 4.70. The van der Waals surface area contributed by atoms with Crippen LogP contribution in [0.5, 0.6) is 5.75 Å². The van der Waals surface area contributed by atoms with Crippen molar-refractivity contribution in [3.05, 3.63) is 53.4 Å². The molecule has 5 nitrogen and oxygen atoms in total. The maximum Gasteiger partial charge on any atom is 0.206 e. The molecule has 1 aromatic heterocycles. The van der Waals surface area contributed by atoms with Gasteiger partial charge < -0.3 is 9.94 Å². The predicted molar refractivity (Wildman–Crippen MR) is 77.2 cm³/mol. The van der Waals surface area contributed by atoms with Crippen LogP contribution < -0.4 is 4.84 Å². The number of aromatic hydroxyl groups is 1. The number of para-hydroxylation sites is 1. The highest BCUT2D eigenvalue weighted by Gasteiger charge is 2.24. The lowest BCUT2D eigenvalue weighted by Crippen LogP contribution is -2.13. The highest BCUT2D eigenvalue weighted by atomic mass is 19.2. The van der Waals surface area contributed by atoms with Crippen LogP contribution in [-0.2, 0) is 0 Å². The van der Waals surface area contributed by atoms with Gasteiger partial charge in [0.15, 0.2) is 5.75 Å².